The summed E-state index contributed by atoms with van der Waals surface area (Å²) in [6, 6.07) is 9.17. The van der Waals surface area contributed by atoms with E-state index in [2.05, 4.69) is 25.2 Å². The van der Waals surface area contributed by atoms with Crippen LogP contribution in [0.1, 0.15) is 55.0 Å². The summed E-state index contributed by atoms with van der Waals surface area (Å²) in [5.74, 6) is 1.02. The van der Waals surface area contributed by atoms with Crippen molar-refractivity contribution in [2.75, 3.05) is 7.11 Å². The standard InChI is InChI=1S/C22H25Cl2NO2/c1-13(2)18-12-19(14(3)10-21(18)27-5)15(4)25-22(26)9-7-16-6-8-17(23)11-20(16)24/h6-13,15H,1-5H3,(H,25,26)/b9-7+/t15-/m1/s1. The molecule has 0 aliphatic heterocycles. The number of rotatable bonds is 6. The number of amides is 1. The number of benzene rings is 2. The molecule has 0 fully saturated rings. The molecule has 1 amide bonds. The molecule has 0 heterocycles. The lowest BCUT2D eigenvalue weighted by Crippen LogP contribution is -2.25. The van der Waals surface area contributed by atoms with Gasteiger partial charge in [-0.15, -0.1) is 0 Å². The van der Waals surface area contributed by atoms with Gasteiger partial charge in [0, 0.05) is 16.1 Å². The molecule has 0 unspecified atom stereocenters. The molecular formula is C22H25Cl2NO2. The van der Waals surface area contributed by atoms with Gasteiger partial charge in [0.15, 0.2) is 0 Å². The van der Waals surface area contributed by atoms with Gasteiger partial charge in [-0.1, -0.05) is 43.1 Å². The average Bonchev–Trinajstić information content (AvgIpc) is 2.60. The normalized spacial score (nSPS) is 12.4. The fourth-order valence-electron chi connectivity index (χ4n) is 2.95. The van der Waals surface area contributed by atoms with E-state index in [1.807, 2.05) is 19.9 Å². The molecular weight excluding hydrogens is 381 g/mol. The van der Waals surface area contributed by atoms with Crippen LogP contribution in [0.3, 0.4) is 0 Å². The van der Waals surface area contributed by atoms with Gasteiger partial charge >= 0.3 is 0 Å². The van der Waals surface area contributed by atoms with Crippen molar-refractivity contribution in [3.8, 4) is 5.75 Å². The van der Waals surface area contributed by atoms with Crippen LogP contribution in [0.25, 0.3) is 6.08 Å². The Morgan fingerprint density at radius 3 is 2.41 bits per heavy atom. The highest BCUT2D eigenvalue weighted by Crippen LogP contribution is 2.32. The number of carbonyl (C=O) groups is 1. The number of ether oxygens (including phenoxy) is 1. The maximum absolute atomic E-state index is 12.3. The molecule has 0 radical (unpaired) electrons. The van der Waals surface area contributed by atoms with Gasteiger partial charge in [0.1, 0.15) is 5.75 Å². The highest BCUT2D eigenvalue weighted by molar-refractivity contribution is 6.35. The molecule has 0 spiro atoms. The molecule has 27 heavy (non-hydrogen) atoms. The van der Waals surface area contributed by atoms with Crippen LogP contribution in [-0.2, 0) is 4.79 Å². The van der Waals surface area contributed by atoms with E-state index in [4.69, 9.17) is 27.9 Å². The van der Waals surface area contributed by atoms with Gasteiger partial charge in [0.2, 0.25) is 5.91 Å². The number of aryl methyl sites for hydroxylation is 1. The van der Waals surface area contributed by atoms with E-state index in [1.165, 1.54) is 6.08 Å². The number of hydrogen-bond acceptors (Lipinski definition) is 2. The summed E-state index contributed by atoms with van der Waals surface area (Å²) in [6.07, 6.45) is 3.16. The van der Waals surface area contributed by atoms with Crippen LogP contribution in [0, 0.1) is 6.92 Å². The third kappa shape index (κ3) is 5.50. The average molecular weight is 406 g/mol. The van der Waals surface area contributed by atoms with Crippen LogP contribution >= 0.6 is 23.2 Å². The molecule has 3 nitrogen and oxygen atoms in total. The molecule has 0 aliphatic carbocycles. The molecule has 144 valence electrons. The van der Waals surface area contributed by atoms with Crippen molar-refractivity contribution >= 4 is 35.2 Å². The van der Waals surface area contributed by atoms with E-state index in [0.717, 1.165) is 28.0 Å². The van der Waals surface area contributed by atoms with Crippen LogP contribution in [-0.4, -0.2) is 13.0 Å². The molecule has 1 atom stereocenters. The number of carbonyl (C=O) groups excluding carboxylic acids is 1. The highest BCUT2D eigenvalue weighted by atomic mass is 35.5. The molecule has 2 rings (SSSR count). The number of methoxy groups -OCH3 is 1. The zero-order chi connectivity index (χ0) is 20.1. The second-order valence-electron chi connectivity index (χ2n) is 6.83. The minimum absolute atomic E-state index is 0.133. The topological polar surface area (TPSA) is 38.3 Å². The molecule has 2 aromatic carbocycles. The number of halogens is 2. The molecule has 0 aromatic heterocycles. The predicted octanol–water partition coefficient (Wildman–Crippen LogP) is 6.32. The molecule has 0 saturated carbocycles. The highest BCUT2D eigenvalue weighted by Gasteiger charge is 2.16. The van der Waals surface area contributed by atoms with Gasteiger partial charge in [-0.05, 0) is 72.4 Å². The maximum atomic E-state index is 12.3. The molecule has 5 heteroatoms. The Balaban J connectivity index is 2.16. The second-order valence-corrected chi connectivity index (χ2v) is 7.68. The first-order valence-electron chi connectivity index (χ1n) is 8.85. The van der Waals surface area contributed by atoms with E-state index in [9.17, 15) is 4.79 Å². The Hall–Kier alpha value is -1.97. The van der Waals surface area contributed by atoms with Crippen LogP contribution in [0.4, 0.5) is 0 Å². The molecule has 1 N–H and O–H groups in total. The van der Waals surface area contributed by atoms with Crippen molar-refractivity contribution in [2.24, 2.45) is 0 Å². The van der Waals surface area contributed by atoms with Crippen LogP contribution < -0.4 is 10.1 Å². The third-order valence-corrected chi connectivity index (χ3v) is 5.00. The zero-order valence-corrected chi connectivity index (χ0v) is 17.8. The van der Waals surface area contributed by atoms with Gasteiger partial charge < -0.3 is 10.1 Å². The van der Waals surface area contributed by atoms with Gasteiger partial charge in [-0.25, -0.2) is 0 Å². The summed E-state index contributed by atoms with van der Waals surface area (Å²) in [5.41, 5.74) is 4.02. The Kier molecular flexibility index (Phi) is 7.34. The van der Waals surface area contributed by atoms with Crippen LogP contribution in [0.15, 0.2) is 36.4 Å². The van der Waals surface area contributed by atoms with Crippen LogP contribution in [0.2, 0.25) is 10.0 Å². The molecule has 2 aromatic rings. The minimum Gasteiger partial charge on any atom is -0.496 e. The number of nitrogens with one attached hydrogen (secondary N) is 1. The van der Waals surface area contributed by atoms with E-state index in [-0.39, 0.29) is 11.9 Å². The Labute approximate surface area is 171 Å². The monoisotopic (exact) mass is 405 g/mol. The Morgan fingerprint density at radius 2 is 1.81 bits per heavy atom. The fourth-order valence-corrected chi connectivity index (χ4v) is 3.42. The largest absolute Gasteiger partial charge is 0.496 e. The van der Waals surface area contributed by atoms with Crippen molar-refractivity contribution in [2.45, 2.75) is 39.7 Å². The van der Waals surface area contributed by atoms with Crippen molar-refractivity contribution in [3.05, 3.63) is 68.7 Å². The Bertz CT molecular complexity index is 860. The summed E-state index contributed by atoms with van der Waals surface area (Å²) in [4.78, 5) is 12.3. The van der Waals surface area contributed by atoms with E-state index < -0.39 is 0 Å². The quantitative estimate of drug-likeness (QED) is 0.570. The van der Waals surface area contributed by atoms with Crippen LogP contribution in [0.5, 0.6) is 5.75 Å². The lowest BCUT2D eigenvalue weighted by Gasteiger charge is -2.20. The van der Waals surface area contributed by atoms with E-state index in [0.29, 0.717) is 16.0 Å². The summed E-state index contributed by atoms with van der Waals surface area (Å²) in [7, 11) is 1.68. The second kappa shape index (κ2) is 9.29. The van der Waals surface area contributed by atoms with E-state index in [1.54, 1.807) is 31.4 Å². The van der Waals surface area contributed by atoms with E-state index >= 15 is 0 Å². The first-order chi connectivity index (χ1) is 12.7. The SMILES string of the molecule is COc1cc(C)c([C@@H](C)NC(=O)/C=C/c2ccc(Cl)cc2Cl)cc1C(C)C. The first kappa shape index (κ1) is 21.3. The fraction of sp³-hybridized carbons (Fsp3) is 0.318. The molecule has 0 bridgehead atoms. The van der Waals surface area contributed by atoms with Crippen molar-refractivity contribution in [1.29, 1.82) is 0 Å². The summed E-state index contributed by atoms with van der Waals surface area (Å²) < 4.78 is 5.49. The van der Waals surface area contributed by atoms with Gasteiger partial charge in [0.25, 0.3) is 0 Å². The van der Waals surface area contributed by atoms with Crippen molar-refractivity contribution in [1.82, 2.24) is 5.32 Å². The lowest BCUT2D eigenvalue weighted by atomic mass is 9.93. The summed E-state index contributed by atoms with van der Waals surface area (Å²) in [5, 5.41) is 4.07. The third-order valence-electron chi connectivity index (χ3n) is 4.44. The number of hydrogen-bond donors (Lipinski definition) is 1. The molecule has 0 aliphatic rings. The lowest BCUT2D eigenvalue weighted by molar-refractivity contribution is -0.117. The van der Waals surface area contributed by atoms with Crippen molar-refractivity contribution in [3.63, 3.8) is 0 Å². The predicted molar refractivity (Wildman–Crippen MR) is 114 cm³/mol. The summed E-state index contributed by atoms with van der Waals surface area (Å²) in [6.45, 7) is 8.24. The van der Waals surface area contributed by atoms with Crippen molar-refractivity contribution < 1.29 is 9.53 Å². The maximum Gasteiger partial charge on any atom is 0.244 e. The Morgan fingerprint density at radius 1 is 1.11 bits per heavy atom. The van der Waals surface area contributed by atoms with Gasteiger partial charge in [-0.3, -0.25) is 4.79 Å². The zero-order valence-electron chi connectivity index (χ0n) is 16.3. The smallest absolute Gasteiger partial charge is 0.244 e. The first-order valence-corrected chi connectivity index (χ1v) is 9.60. The van der Waals surface area contributed by atoms with Gasteiger partial charge in [-0.2, -0.15) is 0 Å². The molecule has 0 saturated heterocycles. The minimum atomic E-state index is -0.185. The van der Waals surface area contributed by atoms with Gasteiger partial charge in [0.05, 0.1) is 13.2 Å². The summed E-state index contributed by atoms with van der Waals surface area (Å²) >= 11 is 12.0.